The molecule has 74 valence electrons. The van der Waals surface area contributed by atoms with Crippen molar-refractivity contribution in [3.8, 4) is 6.07 Å². The number of benzene rings is 1. The van der Waals surface area contributed by atoms with Gasteiger partial charge in [-0.25, -0.2) is 8.78 Å². The number of rotatable bonds is 3. The Morgan fingerprint density at radius 1 is 1.29 bits per heavy atom. The molecule has 0 radical (unpaired) electrons. The molecule has 1 aromatic carbocycles. The zero-order valence-corrected chi connectivity index (χ0v) is 7.45. The molecule has 0 aliphatic rings. The van der Waals surface area contributed by atoms with Gasteiger partial charge in [0.15, 0.2) is 0 Å². The van der Waals surface area contributed by atoms with Gasteiger partial charge in [-0.1, -0.05) is 12.1 Å². The SMILES string of the molecule is N#Cc1ccc(C(CN)C(F)F)cc1. The molecule has 2 nitrogen and oxygen atoms in total. The van der Waals surface area contributed by atoms with E-state index in [2.05, 4.69) is 0 Å². The minimum absolute atomic E-state index is 0.0937. The predicted octanol–water partition coefficient (Wildman–Crippen LogP) is 1.87. The molecule has 0 spiro atoms. The third-order valence-electron chi connectivity index (χ3n) is 2.03. The maximum absolute atomic E-state index is 12.4. The van der Waals surface area contributed by atoms with Gasteiger partial charge < -0.3 is 5.73 Å². The van der Waals surface area contributed by atoms with Gasteiger partial charge in [0.2, 0.25) is 6.43 Å². The Hall–Kier alpha value is -1.47. The fraction of sp³-hybridized carbons (Fsp3) is 0.300. The van der Waals surface area contributed by atoms with Crippen LogP contribution in [0.1, 0.15) is 17.0 Å². The largest absolute Gasteiger partial charge is 0.330 e. The van der Waals surface area contributed by atoms with Crippen LogP contribution in [0.2, 0.25) is 0 Å². The van der Waals surface area contributed by atoms with Gasteiger partial charge in [-0.05, 0) is 17.7 Å². The first-order valence-electron chi connectivity index (χ1n) is 4.17. The van der Waals surface area contributed by atoms with Crippen molar-refractivity contribution < 1.29 is 8.78 Å². The van der Waals surface area contributed by atoms with Gasteiger partial charge in [0.25, 0.3) is 0 Å². The van der Waals surface area contributed by atoms with Crippen molar-refractivity contribution >= 4 is 0 Å². The lowest BCUT2D eigenvalue weighted by Gasteiger charge is -2.13. The van der Waals surface area contributed by atoms with Crippen molar-refractivity contribution in [2.24, 2.45) is 5.73 Å². The van der Waals surface area contributed by atoms with Crippen LogP contribution in [0.5, 0.6) is 0 Å². The molecule has 0 aliphatic carbocycles. The molecule has 1 rings (SSSR count). The van der Waals surface area contributed by atoms with E-state index in [4.69, 9.17) is 11.0 Å². The fourth-order valence-electron chi connectivity index (χ4n) is 1.19. The zero-order valence-electron chi connectivity index (χ0n) is 7.45. The molecular formula is C10H10F2N2. The summed E-state index contributed by atoms with van der Waals surface area (Å²) in [6.45, 7) is -0.0937. The summed E-state index contributed by atoms with van der Waals surface area (Å²) < 4.78 is 24.8. The first kappa shape index (κ1) is 10.6. The normalized spacial score (nSPS) is 12.5. The Morgan fingerprint density at radius 3 is 2.21 bits per heavy atom. The Bertz CT molecular complexity index is 327. The number of nitriles is 1. The van der Waals surface area contributed by atoms with E-state index in [1.165, 1.54) is 24.3 Å². The summed E-state index contributed by atoms with van der Waals surface area (Å²) in [5.41, 5.74) is 6.16. The summed E-state index contributed by atoms with van der Waals surface area (Å²) in [6, 6.07) is 7.98. The van der Waals surface area contributed by atoms with E-state index >= 15 is 0 Å². The zero-order chi connectivity index (χ0) is 10.6. The van der Waals surface area contributed by atoms with Gasteiger partial charge in [-0.15, -0.1) is 0 Å². The van der Waals surface area contributed by atoms with Crippen LogP contribution in [0.25, 0.3) is 0 Å². The number of halogens is 2. The second-order valence-electron chi connectivity index (χ2n) is 2.91. The average Bonchev–Trinajstić information content (AvgIpc) is 2.19. The van der Waals surface area contributed by atoms with Crippen LogP contribution < -0.4 is 5.73 Å². The van der Waals surface area contributed by atoms with E-state index in [9.17, 15) is 8.78 Å². The van der Waals surface area contributed by atoms with Crippen LogP contribution in [0.3, 0.4) is 0 Å². The molecule has 14 heavy (non-hydrogen) atoms. The molecule has 0 bridgehead atoms. The van der Waals surface area contributed by atoms with Crippen molar-refractivity contribution in [1.29, 1.82) is 5.26 Å². The first-order valence-corrected chi connectivity index (χ1v) is 4.17. The molecule has 1 atom stereocenters. The lowest BCUT2D eigenvalue weighted by atomic mass is 9.99. The van der Waals surface area contributed by atoms with Crippen LogP contribution in [0.4, 0.5) is 8.78 Å². The third kappa shape index (κ3) is 2.27. The quantitative estimate of drug-likeness (QED) is 0.802. The van der Waals surface area contributed by atoms with E-state index in [1.54, 1.807) is 0 Å². The second-order valence-corrected chi connectivity index (χ2v) is 2.91. The standard InChI is InChI=1S/C10H10F2N2/c11-10(12)9(6-14)8-3-1-7(5-13)2-4-8/h1-4,9-10H,6,14H2. The predicted molar refractivity (Wildman–Crippen MR) is 49.0 cm³/mol. The van der Waals surface area contributed by atoms with Crippen molar-refractivity contribution in [3.05, 3.63) is 35.4 Å². The highest BCUT2D eigenvalue weighted by molar-refractivity contribution is 5.33. The summed E-state index contributed by atoms with van der Waals surface area (Å²) in [7, 11) is 0. The molecule has 1 aromatic rings. The van der Waals surface area contributed by atoms with Crippen molar-refractivity contribution in [1.82, 2.24) is 0 Å². The number of nitrogens with zero attached hydrogens (tertiary/aromatic N) is 1. The van der Waals surface area contributed by atoms with Gasteiger partial charge in [-0.3, -0.25) is 0 Å². The Morgan fingerprint density at radius 2 is 1.86 bits per heavy atom. The molecule has 4 heteroatoms. The fourth-order valence-corrected chi connectivity index (χ4v) is 1.19. The minimum atomic E-state index is -2.46. The van der Waals surface area contributed by atoms with Crippen LogP contribution in [-0.4, -0.2) is 13.0 Å². The van der Waals surface area contributed by atoms with E-state index in [0.29, 0.717) is 11.1 Å². The summed E-state index contributed by atoms with van der Waals surface area (Å²) in [6.07, 6.45) is -2.46. The highest BCUT2D eigenvalue weighted by atomic mass is 19.3. The molecule has 0 saturated carbocycles. The molecule has 0 heterocycles. The number of hydrogen-bond acceptors (Lipinski definition) is 2. The maximum Gasteiger partial charge on any atom is 0.246 e. The van der Waals surface area contributed by atoms with Crippen LogP contribution in [0, 0.1) is 11.3 Å². The Labute approximate surface area is 81.0 Å². The monoisotopic (exact) mass is 196 g/mol. The number of hydrogen-bond donors (Lipinski definition) is 1. The molecule has 0 fully saturated rings. The van der Waals surface area contributed by atoms with Crippen LogP contribution in [0.15, 0.2) is 24.3 Å². The van der Waals surface area contributed by atoms with E-state index < -0.39 is 12.3 Å². The van der Waals surface area contributed by atoms with Crippen molar-refractivity contribution in [2.45, 2.75) is 12.3 Å². The first-order chi connectivity index (χ1) is 6.69. The second kappa shape index (κ2) is 4.68. The molecule has 1 unspecified atom stereocenters. The molecule has 0 saturated heterocycles. The number of nitrogens with two attached hydrogens (primary N) is 1. The average molecular weight is 196 g/mol. The molecule has 2 N–H and O–H groups in total. The molecule has 0 aliphatic heterocycles. The minimum Gasteiger partial charge on any atom is -0.330 e. The van der Waals surface area contributed by atoms with Gasteiger partial charge in [-0.2, -0.15) is 5.26 Å². The van der Waals surface area contributed by atoms with E-state index in [-0.39, 0.29) is 6.54 Å². The van der Waals surface area contributed by atoms with Crippen LogP contribution in [-0.2, 0) is 0 Å². The summed E-state index contributed by atoms with van der Waals surface area (Å²) >= 11 is 0. The van der Waals surface area contributed by atoms with E-state index in [1.807, 2.05) is 6.07 Å². The van der Waals surface area contributed by atoms with E-state index in [0.717, 1.165) is 0 Å². The summed E-state index contributed by atoms with van der Waals surface area (Å²) in [5, 5.41) is 8.51. The van der Waals surface area contributed by atoms with Gasteiger partial charge in [0.05, 0.1) is 17.6 Å². The molecule has 0 aromatic heterocycles. The van der Waals surface area contributed by atoms with Gasteiger partial charge in [0.1, 0.15) is 0 Å². The summed E-state index contributed by atoms with van der Waals surface area (Å²) in [5.74, 6) is -0.942. The highest BCUT2D eigenvalue weighted by Gasteiger charge is 2.20. The smallest absolute Gasteiger partial charge is 0.246 e. The third-order valence-corrected chi connectivity index (χ3v) is 2.03. The lowest BCUT2D eigenvalue weighted by molar-refractivity contribution is 0.117. The Balaban J connectivity index is 2.90. The molecular weight excluding hydrogens is 186 g/mol. The number of alkyl halides is 2. The summed E-state index contributed by atoms with van der Waals surface area (Å²) in [4.78, 5) is 0. The Kier molecular flexibility index (Phi) is 3.55. The highest BCUT2D eigenvalue weighted by Crippen LogP contribution is 2.22. The van der Waals surface area contributed by atoms with Gasteiger partial charge in [0, 0.05) is 6.54 Å². The maximum atomic E-state index is 12.4. The van der Waals surface area contributed by atoms with Crippen molar-refractivity contribution in [2.75, 3.05) is 6.54 Å². The van der Waals surface area contributed by atoms with Crippen LogP contribution >= 0.6 is 0 Å². The lowest BCUT2D eigenvalue weighted by Crippen LogP contribution is -2.19. The van der Waals surface area contributed by atoms with Crippen molar-refractivity contribution in [3.63, 3.8) is 0 Å². The topological polar surface area (TPSA) is 49.8 Å². The molecule has 0 amide bonds. The van der Waals surface area contributed by atoms with Gasteiger partial charge >= 0.3 is 0 Å².